The second kappa shape index (κ2) is 10.8. The van der Waals surface area contributed by atoms with Gasteiger partial charge in [0.2, 0.25) is 0 Å². The average Bonchev–Trinajstić information content (AvgIpc) is 3.14. The topological polar surface area (TPSA) is 41.5 Å². The van der Waals surface area contributed by atoms with Crippen LogP contribution in [0.2, 0.25) is 10.0 Å². The summed E-state index contributed by atoms with van der Waals surface area (Å²) in [7, 11) is 2.11. The van der Waals surface area contributed by atoms with Gasteiger partial charge in [0.25, 0.3) is 0 Å². The standard InChI is InChI=1S/C30H31Cl2FN4O/c1-36-14-8-11-20(36)18-38-30-34-28-22(29(35-30)37-15-4-2-3-5-16-37)17-24(32)26(27(28)33)21-12-6-9-19-10-7-13-23(31)25(19)21/h6-7,9-10,12-13,17,20H,2-5,8,11,14-16,18H2,1H3/t20-/m0/s1. The number of hydrogen-bond acceptors (Lipinski definition) is 5. The second-order valence-corrected chi connectivity index (χ2v) is 11.2. The number of ether oxygens (including phenoxy) is 1. The van der Waals surface area contributed by atoms with Crippen LogP contribution < -0.4 is 9.64 Å². The van der Waals surface area contributed by atoms with Gasteiger partial charge in [-0.3, -0.25) is 0 Å². The molecule has 1 atom stereocenters. The number of anilines is 1. The summed E-state index contributed by atoms with van der Waals surface area (Å²) < 4.78 is 22.7. The van der Waals surface area contributed by atoms with Crippen LogP contribution in [0.5, 0.6) is 6.01 Å². The van der Waals surface area contributed by atoms with Crippen LogP contribution in [0.15, 0.2) is 42.5 Å². The van der Waals surface area contributed by atoms with Gasteiger partial charge in [-0.2, -0.15) is 9.97 Å². The van der Waals surface area contributed by atoms with Crippen LogP contribution in [0.1, 0.15) is 38.5 Å². The van der Waals surface area contributed by atoms with E-state index in [1.807, 2.05) is 36.4 Å². The Bertz CT molecular complexity index is 1480. The van der Waals surface area contributed by atoms with E-state index < -0.39 is 5.82 Å². The summed E-state index contributed by atoms with van der Waals surface area (Å²) in [6, 6.07) is 13.7. The number of fused-ring (bicyclic) bond motifs is 2. The zero-order valence-electron chi connectivity index (χ0n) is 21.5. The Morgan fingerprint density at radius 2 is 1.71 bits per heavy atom. The van der Waals surface area contributed by atoms with Crippen LogP contribution >= 0.6 is 23.2 Å². The molecule has 38 heavy (non-hydrogen) atoms. The number of benzene rings is 3. The minimum Gasteiger partial charge on any atom is -0.462 e. The molecule has 3 aromatic carbocycles. The molecule has 0 saturated carbocycles. The maximum absolute atomic E-state index is 16.6. The summed E-state index contributed by atoms with van der Waals surface area (Å²) in [5, 5.41) is 3.15. The predicted molar refractivity (Wildman–Crippen MR) is 154 cm³/mol. The first-order valence-electron chi connectivity index (χ1n) is 13.5. The van der Waals surface area contributed by atoms with Crippen molar-refractivity contribution in [3.05, 3.63) is 58.3 Å². The number of likely N-dealkylation sites (tertiary alicyclic amines) is 1. The van der Waals surface area contributed by atoms with Crippen molar-refractivity contribution in [3.63, 3.8) is 0 Å². The summed E-state index contributed by atoms with van der Waals surface area (Å²) in [5.41, 5.74) is 1.15. The highest BCUT2D eigenvalue weighted by Gasteiger charge is 2.26. The molecule has 198 valence electrons. The van der Waals surface area contributed by atoms with Gasteiger partial charge in [0, 0.05) is 40.5 Å². The Labute approximate surface area is 232 Å². The molecule has 0 aliphatic carbocycles. The molecule has 2 fully saturated rings. The van der Waals surface area contributed by atoms with Gasteiger partial charge >= 0.3 is 6.01 Å². The number of halogens is 3. The summed E-state index contributed by atoms with van der Waals surface area (Å²) in [6.45, 7) is 3.24. The van der Waals surface area contributed by atoms with Gasteiger partial charge < -0.3 is 14.5 Å². The molecule has 0 radical (unpaired) electrons. The lowest BCUT2D eigenvalue weighted by atomic mass is 9.96. The molecule has 4 aromatic rings. The number of hydrogen-bond donors (Lipinski definition) is 0. The highest BCUT2D eigenvalue weighted by molar-refractivity contribution is 6.38. The zero-order valence-corrected chi connectivity index (χ0v) is 23.0. The van der Waals surface area contributed by atoms with Crippen LogP contribution in [0, 0.1) is 5.82 Å². The highest BCUT2D eigenvalue weighted by atomic mass is 35.5. The molecule has 2 aliphatic rings. The van der Waals surface area contributed by atoms with Gasteiger partial charge in [0.15, 0.2) is 5.82 Å². The van der Waals surface area contributed by atoms with E-state index in [-0.39, 0.29) is 11.5 Å². The minimum absolute atomic E-state index is 0.208. The molecule has 3 heterocycles. The molecule has 6 rings (SSSR count). The molecule has 8 heteroatoms. The maximum atomic E-state index is 16.6. The minimum atomic E-state index is -0.485. The van der Waals surface area contributed by atoms with Gasteiger partial charge in [0.05, 0.1) is 5.02 Å². The van der Waals surface area contributed by atoms with Crippen molar-refractivity contribution in [2.45, 2.75) is 44.6 Å². The smallest absolute Gasteiger partial charge is 0.319 e. The van der Waals surface area contributed by atoms with Crippen molar-refractivity contribution >= 4 is 50.7 Å². The van der Waals surface area contributed by atoms with Crippen LogP contribution in [0.3, 0.4) is 0 Å². The van der Waals surface area contributed by atoms with E-state index in [2.05, 4.69) is 21.8 Å². The molecule has 2 saturated heterocycles. The Morgan fingerprint density at radius 1 is 0.947 bits per heavy atom. The Hall–Kier alpha value is -2.67. The highest BCUT2D eigenvalue weighted by Crippen LogP contribution is 2.42. The average molecular weight is 554 g/mol. The van der Waals surface area contributed by atoms with E-state index >= 15 is 4.39 Å². The Kier molecular flexibility index (Phi) is 7.30. The lowest BCUT2D eigenvalue weighted by molar-refractivity contribution is 0.188. The number of rotatable bonds is 5. The Morgan fingerprint density at radius 3 is 2.45 bits per heavy atom. The van der Waals surface area contributed by atoms with Crippen molar-refractivity contribution in [1.82, 2.24) is 14.9 Å². The van der Waals surface area contributed by atoms with Crippen molar-refractivity contribution < 1.29 is 9.13 Å². The molecular weight excluding hydrogens is 522 g/mol. The van der Waals surface area contributed by atoms with Gasteiger partial charge in [-0.25, -0.2) is 4.39 Å². The van der Waals surface area contributed by atoms with Crippen LogP contribution in [0.4, 0.5) is 10.2 Å². The van der Waals surface area contributed by atoms with Gasteiger partial charge in [-0.1, -0.05) is 66.4 Å². The quantitative estimate of drug-likeness (QED) is 0.253. The third kappa shape index (κ3) is 4.78. The van der Waals surface area contributed by atoms with E-state index in [1.165, 1.54) is 12.8 Å². The van der Waals surface area contributed by atoms with Crippen LogP contribution in [-0.4, -0.2) is 54.2 Å². The molecule has 0 amide bonds. The molecule has 2 aliphatic heterocycles. The first-order chi connectivity index (χ1) is 18.5. The van der Waals surface area contributed by atoms with E-state index in [9.17, 15) is 0 Å². The SMILES string of the molecule is CN1CCC[C@H]1COc1nc(N2CCCCCC2)c2cc(Cl)c(-c3cccc4cccc(Cl)c34)c(F)c2n1. The predicted octanol–water partition coefficient (Wildman–Crippen LogP) is 7.75. The zero-order chi connectivity index (χ0) is 26.2. The summed E-state index contributed by atoms with van der Waals surface area (Å²) >= 11 is 13.4. The van der Waals surface area contributed by atoms with Crippen molar-refractivity contribution in [3.8, 4) is 17.1 Å². The molecular formula is C30H31Cl2FN4O. The monoisotopic (exact) mass is 552 g/mol. The van der Waals surface area contributed by atoms with E-state index in [0.29, 0.717) is 45.0 Å². The van der Waals surface area contributed by atoms with E-state index in [1.54, 1.807) is 6.07 Å². The maximum Gasteiger partial charge on any atom is 0.319 e. The van der Waals surface area contributed by atoms with E-state index in [0.717, 1.165) is 56.1 Å². The second-order valence-electron chi connectivity index (χ2n) is 10.4. The first kappa shape index (κ1) is 25.6. The summed E-state index contributed by atoms with van der Waals surface area (Å²) in [4.78, 5) is 14.0. The molecule has 0 unspecified atom stereocenters. The van der Waals surface area contributed by atoms with Gasteiger partial charge in [-0.05, 0) is 62.4 Å². The lowest BCUT2D eigenvalue weighted by Gasteiger charge is -2.25. The molecule has 0 N–H and O–H groups in total. The third-order valence-electron chi connectivity index (χ3n) is 7.95. The molecule has 5 nitrogen and oxygen atoms in total. The fraction of sp³-hybridized carbons (Fsp3) is 0.400. The fourth-order valence-electron chi connectivity index (χ4n) is 5.86. The fourth-order valence-corrected chi connectivity index (χ4v) is 6.44. The van der Waals surface area contributed by atoms with Crippen molar-refractivity contribution in [2.75, 3.05) is 38.2 Å². The molecule has 1 aromatic heterocycles. The van der Waals surface area contributed by atoms with E-state index in [4.69, 9.17) is 32.9 Å². The van der Waals surface area contributed by atoms with Gasteiger partial charge in [-0.15, -0.1) is 0 Å². The van der Waals surface area contributed by atoms with Crippen molar-refractivity contribution in [2.24, 2.45) is 0 Å². The lowest BCUT2D eigenvalue weighted by Crippen LogP contribution is -2.31. The first-order valence-corrected chi connectivity index (χ1v) is 14.2. The molecule has 0 bridgehead atoms. The van der Waals surface area contributed by atoms with Crippen LogP contribution in [-0.2, 0) is 0 Å². The number of likely N-dealkylation sites (N-methyl/N-ethyl adjacent to an activating group) is 1. The Balaban J connectivity index is 1.52. The largest absolute Gasteiger partial charge is 0.462 e. The third-order valence-corrected chi connectivity index (χ3v) is 8.56. The normalized spacial score (nSPS) is 18.8. The number of aromatic nitrogens is 2. The summed E-state index contributed by atoms with van der Waals surface area (Å²) in [6.07, 6.45) is 6.70. The van der Waals surface area contributed by atoms with Crippen LogP contribution in [0.25, 0.3) is 32.8 Å². The summed E-state index contributed by atoms with van der Waals surface area (Å²) in [5.74, 6) is 0.205. The van der Waals surface area contributed by atoms with Crippen molar-refractivity contribution in [1.29, 1.82) is 0 Å². The van der Waals surface area contributed by atoms with Gasteiger partial charge in [0.1, 0.15) is 17.9 Å². The molecule has 0 spiro atoms. The number of nitrogens with zero attached hydrogens (tertiary/aromatic N) is 4.